The summed E-state index contributed by atoms with van der Waals surface area (Å²) in [6.45, 7) is 13.4. The lowest BCUT2D eigenvalue weighted by Crippen LogP contribution is -2.45. The molecule has 3 heterocycles. The molecule has 4 rings (SSSR count). The molecule has 1 fully saturated rings. The zero-order chi connectivity index (χ0) is 31.3. The van der Waals surface area contributed by atoms with Gasteiger partial charge in [-0.1, -0.05) is 41.6 Å². The molecule has 0 bridgehead atoms. The predicted octanol–water partition coefficient (Wildman–Crippen LogP) is 4.92. The van der Waals surface area contributed by atoms with Crippen LogP contribution >= 0.6 is 22.9 Å². The Morgan fingerprint density at radius 3 is 2.53 bits per heavy atom. The number of nitrogens with one attached hydrogen (secondary N) is 3. The van der Waals surface area contributed by atoms with E-state index in [1.54, 1.807) is 32.9 Å². The third-order valence-electron chi connectivity index (χ3n) is 6.15. The van der Waals surface area contributed by atoms with E-state index < -0.39 is 17.6 Å². The number of hydrazine groups is 1. The molecule has 1 aliphatic heterocycles. The molecule has 0 spiro atoms. The minimum Gasteiger partial charge on any atom is -0.442 e. The van der Waals surface area contributed by atoms with Gasteiger partial charge in [-0.25, -0.2) is 9.78 Å². The summed E-state index contributed by atoms with van der Waals surface area (Å²) in [6.07, 6.45) is 1.49. The lowest BCUT2D eigenvalue weighted by atomic mass is 10.2. The van der Waals surface area contributed by atoms with Crippen molar-refractivity contribution in [3.05, 3.63) is 58.6 Å². The van der Waals surface area contributed by atoms with E-state index >= 15 is 0 Å². The van der Waals surface area contributed by atoms with Crippen LogP contribution in [0.15, 0.2) is 43.1 Å². The Kier molecular flexibility index (Phi) is 9.84. The molecular weight excluding hydrogens is 594 g/mol. The number of amides is 3. The smallest absolute Gasteiger partial charge is 0.436 e. The van der Waals surface area contributed by atoms with Crippen molar-refractivity contribution in [3.63, 3.8) is 0 Å². The number of piperazine rings is 1. The average Bonchev–Trinajstić information content (AvgIpc) is 3.41. The van der Waals surface area contributed by atoms with E-state index in [9.17, 15) is 14.4 Å². The van der Waals surface area contributed by atoms with Crippen molar-refractivity contribution in [2.45, 2.75) is 33.3 Å². The number of carbonyl (C=O) groups is 3. The van der Waals surface area contributed by atoms with E-state index in [-0.39, 0.29) is 11.9 Å². The second kappa shape index (κ2) is 13.4. The molecule has 0 atom stereocenters. The Labute approximate surface area is 258 Å². The number of likely N-dealkylation sites (N-methyl/N-ethyl adjacent to an activating group) is 1. The van der Waals surface area contributed by atoms with E-state index in [1.807, 2.05) is 26.1 Å². The number of anilines is 5. The predicted molar refractivity (Wildman–Crippen MR) is 168 cm³/mol. The van der Waals surface area contributed by atoms with Gasteiger partial charge < -0.3 is 25.2 Å². The molecule has 0 aliphatic carbocycles. The SMILES string of the molecule is C=CC(=O)N(Nc1nc(Nc2ncc(C(=O)Nc3c(C)cccc3Cl)s2)cc(N2CCN(C)CC2)n1)C(=O)OC(C)(C)C. The van der Waals surface area contributed by atoms with Crippen molar-refractivity contribution < 1.29 is 19.1 Å². The largest absolute Gasteiger partial charge is 0.442 e. The van der Waals surface area contributed by atoms with Crippen LogP contribution in [0, 0.1) is 6.92 Å². The molecule has 3 aromatic rings. The second-order valence-electron chi connectivity index (χ2n) is 10.7. The van der Waals surface area contributed by atoms with Crippen LogP contribution in [0.4, 0.5) is 33.2 Å². The summed E-state index contributed by atoms with van der Waals surface area (Å²) in [5.41, 5.74) is 3.18. The van der Waals surface area contributed by atoms with Crippen LogP contribution < -0.4 is 21.0 Å². The lowest BCUT2D eigenvalue weighted by molar-refractivity contribution is -0.124. The summed E-state index contributed by atoms with van der Waals surface area (Å²) < 4.78 is 5.38. The van der Waals surface area contributed by atoms with Crippen LogP contribution in [-0.4, -0.2) is 81.6 Å². The van der Waals surface area contributed by atoms with Crippen LogP contribution in [0.25, 0.3) is 0 Å². The van der Waals surface area contributed by atoms with Crippen molar-refractivity contribution in [1.82, 2.24) is 24.9 Å². The standard InChI is InChI=1S/C28H34ClN9O4S/c1-7-22(39)38(27(41)42-28(3,4)5)35-25-31-20(15-21(33-25)37-13-11-36(6)12-14-37)32-26-30-16-19(43-26)24(40)34-23-17(2)9-8-10-18(23)29/h7-10,15-16H,1,11-14H2,2-6H3,(H,34,40)(H2,30,31,32,33,35). The summed E-state index contributed by atoms with van der Waals surface area (Å²) in [6, 6.07) is 7.10. The Morgan fingerprint density at radius 1 is 1.16 bits per heavy atom. The highest BCUT2D eigenvalue weighted by Gasteiger charge is 2.28. The first-order valence-electron chi connectivity index (χ1n) is 13.4. The van der Waals surface area contributed by atoms with Crippen LogP contribution in [0.5, 0.6) is 0 Å². The van der Waals surface area contributed by atoms with Crippen molar-refractivity contribution in [1.29, 1.82) is 0 Å². The molecule has 43 heavy (non-hydrogen) atoms. The first kappa shape index (κ1) is 31.7. The number of hydrogen-bond acceptors (Lipinski definition) is 12. The number of ether oxygens (including phenoxy) is 1. The molecule has 1 aromatic carbocycles. The molecule has 2 aromatic heterocycles. The number of aromatic nitrogens is 3. The monoisotopic (exact) mass is 627 g/mol. The van der Waals surface area contributed by atoms with Gasteiger partial charge in [0, 0.05) is 32.2 Å². The summed E-state index contributed by atoms with van der Waals surface area (Å²) in [5, 5.41) is 7.43. The Bertz CT molecular complexity index is 1500. The normalized spacial score (nSPS) is 13.7. The molecular formula is C28H34ClN9O4S. The van der Waals surface area contributed by atoms with E-state index in [0.717, 1.165) is 36.1 Å². The number of rotatable bonds is 8. The summed E-state index contributed by atoms with van der Waals surface area (Å²) >= 11 is 7.38. The molecule has 0 radical (unpaired) electrons. The second-order valence-corrected chi connectivity index (χ2v) is 12.2. The fraction of sp³-hybridized carbons (Fsp3) is 0.357. The van der Waals surface area contributed by atoms with Gasteiger partial charge in [-0.3, -0.25) is 15.0 Å². The van der Waals surface area contributed by atoms with E-state index in [2.05, 4.69) is 47.4 Å². The minimum atomic E-state index is -0.940. The Morgan fingerprint density at radius 2 is 1.88 bits per heavy atom. The average molecular weight is 628 g/mol. The van der Waals surface area contributed by atoms with Gasteiger partial charge in [0.15, 0.2) is 5.13 Å². The van der Waals surface area contributed by atoms with Crippen molar-refractivity contribution in [2.75, 3.05) is 54.2 Å². The number of carbonyl (C=O) groups excluding carboxylic acids is 3. The number of nitrogens with zero attached hydrogens (tertiary/aromatic N) is 6. The Balaban J connectivity index is 1.60. The molecule has 15 heteroatoms. The Hall–Kier alpha value is -4.27. The molecule has 13 nitrogen and oxygen atoms in total. The molecule has 1 aliphatic rings. The topological polar surface area (TPSA) is 145 Å². The molecule has 228 valence electrons. The highest BCUT2D eigenvalue weighted by molar-refractivity contribution is 7.17. The van der Waals surface area contributed by atoms with E-state index in [4.69, 9.17) is 16.3 Å². The van der Waals surface area contributed by atoms with Crippen LogP contribution in [-0.2, 0) is 9.53 Å². The number of thiazole rings is 1. The minimum absolute atomic E-state index is 0.0382. The molecule has 1 saturated heterocycles. The van der Waals surface area contributed by atoms with Crippen LogP contribution in [0.1, 0.15) is 36.0 Å². The van der Waals surface area contributed by atoms with Gasteiger partial charge in [0.25, 0.3) is 11.8 Å². The van der Waals surface area contributed by atoms with Gasteiger partial charge in [0.05, 0.1) is 16.9 Å². The van der Waals surface area contributed by atoms with Crippen molar-refractivity contribution >= 4 is 69.2 Å². The molecule has 3 N–H and O–H groups in total. The molecule has 0 unspecified atom stereocenters. The number of para-hydroxylation sites is 1. The first-order chi connectivity index (χ1) is 20.3. The zero-order valence-electron chi connectivity index (χ0n) is 24.6. The van der Waals surface area contributed by atoms with Crippen LogP contribution in [0.3, 0.4) is 0 Å². The van der Waals surface area contributed by atoms with Crippen molar-refractivity contribution in [2.24, 2.45) is 0 Å². The highest BCUT2D eigenvalue weighted by Crippen LogP contribution is 2.29. The zero-order valence-corrected chi connectivity index (χ0v) is 26.2. The number of benzene rings is 1. The highest BCUT2D eigenvalue weighted by atomic mass is 35.5. The number of aryl methyl sites for hydroxylation is 1. The van der Waals surface area contributed by atoms with Gasteiger partial charge >= 0.3 is 6.09 Å². The number of halogens is 1. The quantitative estimate of drug-likeness (QED) is 0.231. The fourth-order valence-electron chi connectivity index (χ4n) is 3.95. The third kappa shape index (κ3) is 8.40. The fourth-order valence-corrected chi connectivity index (χ4v) is 4.93. The maximum Gasteiger partial charge on any atom is 0.436 e. The van der Waals surface area contributed by atoms with Gasteiger partial charge in [0.1, 0.15) is 22.1 Å². The molecule has 3 amide bonds. The van der Waals surface area contributed by atoms with Gasteiger partial charge in [-0.2, -0.15) is 9.97 Å². The maximum absolute atomic E-state index is 12.9. The summed E-state index contributed by atoms with van der Waals surface area (Å²) in [4.78, 5) is 56.3. The summed E-state index contributed by atoms with van der Waals surface area (Å²) in [7, 11) is 2.04. The van der Waals surface area contributed by atoms with Crippen LogP contribution in [0.2, 0.25) is 5.02 Å². The van der Waals surface area contributed by atoms with E-state index in [1.165, 1.54) is 6.20 Å². The van der Waals surface area contributed by atoms with Gasteiger partial charge in [-0.15, -0.1) is 5.01 Å². The van der Waals surface area contributed by atoms with E-state index in [0.29, 0.717) is 50.5 Å². The number of imide groups is 1. The summed E-state index contributed by atoms with van der Waals surface area (Å²) in [5.74, 6) is -0.261. The lowest BCUT2D eigenvalue weighted by Gasteiger charge is -2.33. The third-order valence-corrected chi connectivity index (χ3v) is 7.37. The maximum atomic E-state index is 12.9. The first-order valence-corrected chi connectivity index (χ1v) is 14.6. The van der Waals surface area contributed by atoms with Gasteiger partial charge in [-0.05, 0) is 52.4 Å². The molecule has 0 saturated carbocycles. The van der Waals surface area contributed by atoms with Gasteiger partial charge in [0.2, 0.25) is 5.95 Å². The number of hydrogen-bond donors (Lipinski definition) is 3. The van der Waals surface area contributed by atoms with Crippen molar-refractivity contribution in [3.8, 4) is 0 Å².